The summed E-state index contributed by atoms with van der Waals surface area (Å²) in [5.41, 5.74) is -0.0121. The summed E-state index contributed by atoms with van der Waals surface area (Å²) in [6.07, 6.45) is 2.56. The first-order chi connectivity index (χ1) is 14.0. The van der Waals surface area contributed by atoms with Gasteiger partial charge in [-0.05, 0) is 42.8 Å². The van der Waals surface area contributed by atoms with Gasteiger partial charge < -0.3 is 4.74 Å². The summed E-state index contributed by atoms with van der Waals surface area (Å²) in [6, 6.07) is 28.4. The Balaban J connectivity index is 1.87. The number of carbonyl (C=O) groups is 1. The first kappa shape index (κ1) is 19.4. The number of rotatable bonds is 6. The molecule has 1 aliphatic heterocycles. The van der Waals surface area contributed by atoms with Crippen LogP contribution in [0.25, 0.3) is 0 Å². The highest BCUT2D eigenvalue weighted by Gasteiger charge is 2.45. The largest absolute Gasteiger partial charge is 0.453 e. The third-order valence-corrected chi connectivity index (χ3v) is 8.05. The summed E-state index contributed by atoms with van der Waals surface area (Å²) >= 11 is 0. The third-order valence-electron chi connectivity index (χ3n) is 5.22. The number of hydrogen-bond donors (Lipinski definition) is 1. The molecule has 0 amide bonds. The second-order valence-corrected chi connectivity index (χ2v) is 9.65. The van der Waals surface area contributed by atoms with Crippen LogP contribution in [0.1, 0.15) is 12.5 Å². The molecule has 1 aliphatic rings. The lowest BCUT2D eigenvalue weighted by molar-refractivity contribution is -0.141. The van der Waals surface area contributed by atoms with E-state index in [0.29, 0.717) is 10.6 Å². The lowest BCUT2D eigenvalue weighted by atomic mass is 9.87. The topological polar surface area (TPSA) is 55.4 Å². The van der Waals surface area contributed by atoms with Gasteiger partial charge in [-0.25, -0.2) is 9.88 Å². The van der Waals surface area contributed by atoms with Gasteiger partial charge in [0.05, 0.1) is 5.54 Å². The summed E-state index contributed by atoms with van der Waals surface area (Å²) in [7, 11) is -3.26. The lowest BCUT2D eigenvalue weighted by Gasteiger charge is -2.39. The van der Waals surface area contributed by atoms with Crippen molar-refractivity contribution in [1.82, 2.24) is 5.09 Å². The summed E-state index contributed by atoms with van der Waals surface area (Å²) in [5.74, 6) is -0.395. The highest BCUT2D eigenvalue weighted by Crippen LogP contribution is 2.45. The summed E-state index contributed by atoms with van der Waals surface area (Å²) < 4.78 is 20.1. The van der Waals surface area contributed by atoms with Crippen LogP contribution >= 0.6 is 7.29 Å². The second kappa shape index (κ2) is 7.82. The van der Waals surface area contributed by atoms with Crippen molar-refractivity contribution in [3.05, 3.63) is 109 Å². The maximum absolute atomic E-state index is 14.6. The van der Waals surface area contributed by atoms with E-state index in [1.54, 1.807) is 6.08 Å². The van der Waals surface area contributed by atoms with Crippen molar-refractivity contribution < 1.29 is 14.1 Å². The number of cyclic esters (lactones) is 1. The summed E-state index contributed by atoms with van der Waals surface area (Å²) in [4.78, 5) is 11.8. The van der Waals surface area contributed by atoms with Gasteiger partial charge >= 0.3 is 5.97 Å². The Morgan fingerprint density at radius 2 is 1.31 bits per heavy atom. The van der Waals surface area contributed by atoms with Crippen LogP contribution in [0.15, 0.2) is 103 Å². The monoisotopic (exact) mass is 403 g/mol. The van der Waals surface area contributed by atoms with Crippen LogP contribution in [0.3, 0.4) is 0 Å². The molecule has 0 bridgehead atoms. The molecule has 3 aromatic carbocycles. The van der Waals surface area contributed by atoms with Crippen molar-refractivity contribution in [2.75, 3.05) is 0 Å². The minimum Gasteiger partial charge on any atom is -0.453 e. The fraction of sp³-hybridized carbons (Fsp3) is 0.125. The van der Waals surface area contributed by atoms with E-state index in [9.17, 15) is 9.36 Å². The van der Waals surface area contributed by atoms with E-state index in [0.717, 1.165) is 5.56 Å². The molecule has 0 saturated carbocycles. The van der Waals surface area contributed by atoms with Gasteiger partial charge in [0.15, 0.2) is 0 Å². The number of ether oxygens (including phenoxy) is 1. The molecule has 2 atom stereocenters. The molecule has 0 saturated heterocycles. The van der Waals surface area contributed by atoms with Gasteiger partial charge in [0, 0.05) is 16.7 Å². The SMILES string of the molecule is C[C@](NP(=O)(c1ccccc1)c1ccccc1)(c1ccccc1)[C@@H]1C=CC(=O)O1. The van der Waals surface area contributed by atoms with E-state index in [2.05, 4.69) is 5.09 Å². The molecule has 0 spiro atoms. The molecule has 0 fully saturated rings. The molecule has 0 radical (unpaired) electrons. The average molecular weight is 403 g/mol. The summed E-state index contributed by atoms with van der Waals surface area (Å²) in [5, 5.41) is 4.84. The van der Waals surface area contributed by atoms with Crippen molar-refractivity contribution in [2.45, 2.75) is 18.6 Å². The number of benzene rings is 3. The zero-order chi connectivity index (χ0) is 20.3. The van der Waals surface area contributed by atoms with Gasteiger partial charge in [-0.3, -0.25) is 4.57 Å². The van der Waals surface area contributed by atoms with Crippen LogP contribution in [0.2, 0.25) is 0 Å². The Bertz CT molecular complexity index is 1020. The number of hydrogen-bond acceptors (Lipinski definition) is 3. The zero-order valence-corrected chi connectivity index (χ0v) is 17.0. The molecule has 0 aliphatic carbocycles. The van der Waals surface area contributed by atoms with Crippen LogP contribution in [0.4, 0.5) is 0 Å². The zero-order valence-electron chi connectivity index (χ0n) is 16.1. The predicted molar refractivity (Wildman–Crippen MR) is 116 cm³/mol. The Kier molecular flexibility index (Phi) is 5.23. The Morgan fingerprint density at radius 3 is 1.76 bits per heavy atom. The second-order valence-electron chi connectivity index (χ2n) is 7.18. The van der Waals surface area contributed by atoms with E-state index in [4.69, 9.17) is 4.74 Å². The van der Waals surface area contributed by atoms with Crippen molar-refractivity contribution in [3.63, 3.8) is 0 Å². The molecule has 0 unspecified atom stereocenters. The molecule has 0 aromatic heterocycles. The van der Waals surface area contributed by atoms with E-state index < -0.39 is 24.9 Å². The highest BCUT2D eigenvalue weighted by atomic mass is 31.2. The van der Waals surface area contributed by atoms with E-state index in [-0.39, 0.29) is 0 Å². The van der Waals surface area contributed by atoms with E-state index in [1.807, 2.05) is 97.9 Å². The summed E-state index contributed by atoms with van der Waals surface area (Å²) in [6.45, 7) is 1.93. The highest BCUT2D eigenvalue weighted by molar-refractivity contribution is 7.77. The Morgan fingerprint density at radius 1 is 0.828 bits per heavy atom. The molecule has 146 valence electrons. The van der Waals surface area contributed by atoms with E-state index in [1.165, 1.54) is 6.08 Å². The maximum Gasteiger partial charge on any atom is 0.331 e. The molecule has 29 heavy (non-hydrogen) atoms. The molecule has 1 heterocycles. The quantitative estimate of drug-likeness (QED) is 0.501. The number of esters is 1. The van der Waals surface area contributed by atoms with Crippen LogP contribution in [0.5, 0.6) is 0 Å². The van der Waals surface area contributed by atoms with Crippen LogP contribution in [0, 0.1) is 0 Å². The van der Waals surface area contributed by atoms with Crippen molar-refractivity contribution in [2.24, 2.45) is 0 Å². The standard InChI is InChI=1S/C24H22NO3P/c1-24(19-11-5-2-6-12-19,22-17-18-23(26)28-22)25-29(27,20-13-7-3-8-14-20)21-15-9-4-10-16-21/h2-18,22H,1H3,(H,25,27)/t22-,24-/m0/s1. The molecule has 3 aromatic rings. The van der Waals surface area contributed by atoms with Crippen LogP contribution in [-0.4, -0.2) is 12.1 Å². The van der Waals surface area contributed by atoms with Crippen LogP contribution in [-0.2, 0) is 19.6 Å². The van der Waals surface area contributed by atoms with Crippen molar-refractivity contribution in [1.29, 1.82) is 0 Å². The molecule has 1 N–H and O–H groups in total. The van der Waals surface area contributed by atoms with Gasteiger partial charge in [0.25, 0.3) is 0 Å². The van der Waals surface area contributed by atoms with E-state index >= 15 is 0 Å². The molecular formula is C24H22NO3P. The minimum absolute atomic E-state index is 0.395. The van der Waals surface area contributed by atoms with Crippen molar-refractivity contribution >= 4 is 23.9 Å². The predicted octanol–water partition coefficient (Wildman–Crippen LogP) is 3.90. The van der Waals surface area contributed by atoms with Gasteiger partial charge in [-0.2, -0.15) is 0 Å². The fourth-order valence-corrected chi connectivity index (χ4v) is 6.29. The molecule has 5 heteroatoms. The molecular weight excluding hydrogens is 381 g/mol. The fourth-order valence-electron chi connectivity index (χ4n) is 3.64. The lowest BCUT2D eigenvalue weighted by Crippen LogP contribution is -2.50. The number of nitrogens with one attached hydrogen (secondary N) is 1. The smallest absolute Gasteiger partial charge is 0.331 e. The minimum atomic E-state index is -3.26. The Labute approximate surface area is 170 Å². The van der Waals surface area contributed by atoms with Gasteiger partial charge in [0.2, 0.25) is 7.29 Å². The van der Waals surface area contributed by atoms with Gasteiger partial charge in [-0.15, -0.1) is 0 Å². The maximum atomic E-state index is 14.6. The first-order valence-electron chi connectivity index (χ1n) is 9.47. The normalized spacial score (nSPS) is 18.2. The first-order valence-corrected chi connectivity index (χ1v) is 11.2. The average Bonchev–Trinajstić information content (AvgIpc) is 3.22. The van der Waals surface area contributed by atoms with Crippen molar-refractivity contribution in [3.8, 4) is 0 Å². The number of carbonyl (C=O) groups excluding carboxylic acids is 1. The van der Waals surface area contributed by atoms with Gasteiger partial charge in [0.1, 0.15) is 6.10 Å². The third kappa shape index (κ3) is 3.69. The molecule has 4 rings (SSSR count). The van der Waals surface area contributed by atoms with Crippen LogP contribution < -0.4 is 15.7 Å². The molecule has 4 nitrogen and oxygen atoms in total. The van der Waals surface area contributed by atoms with Gasteiger partial charge in [-0.1, -0.05) is 66.7 Å². The Hall–Kier alpha value is -2.94.